The maximum Gasteiger partial charge on any atom is 0.0726 e. The number of rotatable bonds is 3. The highest BCUT2D eigenvalue weighted by Crippen LogP contribution is 2.28. The van der Waals surface area contributed by atoms with Gasteiger partial charge in [-0.2, -0.15) is 0 Å². The summed E-state index contributed by atoms with van der Waals surface area (Å²) in [6.45, 7) is 8.43. The molecule has 1 N–H and O–H groups in total. The van der Waals surface area contributed by atoms with Crippen LogP contribution in [0.2, 0.25) is 0 Å². The van der Waals surface area contributed by atoms with Gasteiger partial charge in [-0.15, -0.1) is 0 Å². The minimum absolute atomic E-state index is 0.298. The van der Waals surface area contributed by atoms with Gasteiger partial charge >= 0.3 is 0 Å². The van der Waals surface area contributed by atoms with Gasteiger partial charge in [0.15, 0.2) is 0 Å². The van der Waals surface area contributed by atoms with Gasteiger partial charge in [0.1, 0.15) is 0 Å². The molecule has 0 aromatic heterocycles. The maximum absolute atomic E-state index is 5.81. The molecule has 1 unspecified atom stereocenters. The molecule has 1 aliphatic heterocycles. The number of morpholine rings is 1. The highest BCUT2D eigenvalue weighted by molar-refractivity contribution is 5.55. The molecule has 18 heavy (non-hydrogen) atoms. The fourth-order valence-corrected chi connectivity index (χ4v) is 2.67. The Morgan fingerprint density at radius 2 is 1.83 bits per heavy atom. The first-order valence-electron chi connectivity index (χ1n) is 6.78. The summed E-state index contributed by atoms with van der Waals surface area (Å²) in [5, 5.41) is 3.33. The van der Waals surface area contributed by atoms with Crippen LogP contribution in [0.25, 0.3) is 0 Å². The number of benzene rings is 1. The van der Waals surface area contributed by atoms with Gasteiger partial charge in [-0.1, -0.05) is 18.2 Å². The zero-order valence-corrected chi connectivity index (χ0v) is 11.8. The largest absolute Gasteiger partial charge is 0.372 e. The van der Waals surface area contributed by atoms with Crippen LogP contribution in [0.1, 0.15) is 32.4 Å². The van der Waals surface area contributed by atoms with Crippen LogP contribution in [0.3, 0.4) is 0 Å². The van der Waals surface area contributed by atoms with Crippen molar-refractivity contribution in [1.29, 1.82) is 0 Å². The molecule has 0 radical (unpaired) electrons. The van der Waals surface area contributed by atoms with Crippen LogP contribution in [0, 0.1) is 0 Å². The van der Waals surface area contributed by atoms with Crippen molar-refractivity contribution in [2.24, 2.45) is 0 Å². The third-order valence-electron chi connectivity index (χ3n) is 3.60. The zero-order chi connectivity index (χ0) is 13.1. The van der Waals surface area contributed by atoms with Crippen molar-refractivity contribution in [3.63, 3.8) is 0 Å². The number of ether oxygens (including phenoxy) is 1. The minimum atomic E-state index is 0.298. The molecule has 3 nitrogen and oxygen atoms in total. The smallest absolute Gasteiger partial charge is 0.0726 e. The molecule has 3 atom stereocenters. The summed E-state index contributed by atoms with van der Waals surface area (Å²) in [4.78, 5) is 2.45. The van der Waals surface area contributed by atoms with Crippen LogP contribution in [-0.2, 0) is 4.74 Å². The van der Waals surface area contributed by atoms with Crippen LogP contribution in [-0.4, -0.2) is 32.3 Å². The molecule has 100 valence electrons. The van der Waals surface area contributed by atoms with E-state index in [1.165, 1.54) is 11.3 Å². The van der Waals surface area contributed by atoms with Gasteiger partial charge < -0.3 is 15.0 Å². The topological polar surface area (TPSA) is 24.5 Å². The average molecular weight is 248 g/mol. The summed E-state index contributed by atoms with van der Waals surface area (Å²) < 4.78 is 5.81. The molecule has 0 spiro atoms. The number of para-hydroxylation sites is 1. The maximum atomic E-state index is 5.81. The molecule has 1 aromatic carbocycles. The monoisotopic (exact) mass is 248 g/mol. The lowest BCUT2D eigenvalue weighted by Crippen LogP contribution is -2.46. The summed E-state index contributed by atoms with van der Waals surface area (Å²) in [5.74, 6) is 0. The van der Waals surface area contributed by atoms with Crippen LogP contribution in [0.15, 0.2) is 24.3 Å². The van der Waals surface area contributed by atoms with Crippen LogP contribution >= 0.6 is 0 Å². The van der Waals surface area contributed by atoms with Crippen molar-refractivity contribution in [2.45, 2.75) is 39.0 Å². The van der Waals surface area contributed by atoms with Crippen LogP contribution < -0.4 is 10.2 Å². The molecular formula is C15H24N2O. The molecule has 3 heteroatoms. The average Bonchev–Trinajstić information content (AvgIpc) is 2.36. The second-order valence-corrected chi connectivity index (χ2v) is 5.23. The SMILES string of the molecule is CNC(C)c1ccccc1N1C[C@@H](C)O[C@@H](C)C1. The van der Waals surface area contributed by atoms with E-state index >= 15 is 0 Å². The lowest BCUT2D eigenvalue weighted by molar-refractivity contribution is -0.00528. The van der Waals surface area contributed by atoms with Gasteiger partial charge in [-0.25, -0.2) is 0 Å². The Labute approximate surface area is 110 Å². The molecule has 0 aliphatic carbocycles. The first-order chi connectivity index (χ1) is 8.61. The summed E-state index contributed by atoms with van der Waals surface area (Å²) in [7, 11) is 2.01. The number of hydrogen-bond donors (Lipinski definition) is 1. The Morgan fingerprint density at radius 3 is 2.44 bits per heavy atom. The van der Waals surface area contributed by atoms with Gasteiger partial charge in [0.05, 0.1) is 12.2 Å². The molecule has 0 amide bonds. The number of hydrogen-bond acceptors (Lipinski definition) is 3. The van der Waals surface area contributed by atoms with E-state index in [9.17, 15) is 0 Å². The molecular weight excluding hydrogens is 224 g/mol. The Bertz CT molecular complexity index is 384. The molecule has 1 heterocycles. The third kappa shape index (κ3) is 2.85. The van der Waals surface area contributed by atoms with E-state index in [2.05, 4.69) is 55.3 Å². The van der Waals surface area contributed by atoms with Crippen molar-refractivity contribution in [3.05, 3.63) is 29.8 Å². The molecule has 1 aliphatic rings. The Kier molecular flexibility index (Phi) is 4.25. The fraction of sp³-hybridized carbons (Fsp3) is 0.600. The first kappa shape index (κ1) is 13.4. The van der Waals surface area contributed by atoms with Crippen molar-refractivity contribution < 1.29 is 4.74 Å². The molecule has 1 fully saturated rings. The second-order valence-electron chi connectivity index (χ2n) is 5.23. The van der Waals surface area contributed by atoms with E-state index in [1.54, 1.807) is 0 Å². The number of nitrogens with zero attached hydrogens (tertiary/aromatic N) is 1. The normalized spacial score (nSPS) is 26.1. The van der Waals surface area contributed by atoms with Gasteiger partial charge in [-0.3, -0.25) is 0 Å². The van der Waals surface area contributed by atoms with Gasteiger partial charge in [0, 0.05) is 24.8 Å². The van der Waals surface area contributed by atoms with E-state index < -0.39 is 0 Å². The third-order valence-corrected chi connectivity index (χ3v) is 3.60. The van der Waals surface area contributed by atoms with E-state index in [0.717, 1.165) is 13.1 Å². The predicted octanol–water partition coefficient (Wildman–Crippen LogP) is 2.58. The summed E-state index contributed by atoms with van der Waals surface area (Å²) in [6.07, 6.45) is 0.596. The van der Waals surface area contributed by atoms with Crippen molar-refractivity contribution in [1.82, 2.24) is 5.32 Å². The Hall–Kier alpha value is -1.06. The molecule has 0 bridgehead atoms. The predicted molar refractivity (Wildman–Crippen MR) is 76.1 cm³/mol. The van der Waals surface area contributed by atoms with Gasteiger partial charge in [-0.05, 0) is 39.4 Å². The van der Waals surface area contributed by atoms with E-state index in [4.69, 9.17) is 4.74 Å². The van der Waals surface area contributed by atoms with Crippen molar-refractivity contribution >= 4 is 5.69 Å². The van der Waals surface area contributed by atoms with Gasteiger partial charge in [0.2, 0.25) is 0 Å². The fourth-order valence-electron chi connectivity index (χ4n) is 2.67. The highest BCUT2D eigenvalue weighted by Gasteiger charge is 2.24. The minimum Gasteiger partial charge on any atom is -0.372 e. The first-order valence-corrected chi connectivity index (χ1v) is 6.78. The molecule has 1 saturated heterocycles. The van der Waals surface area contributed by atoms with Crippen LogP contribution in [0.5, 0.6) is 0 Å². The summed E-state index contributed by atoms with van der Waals surface area (Å²) >= 11 is 0. The summed E-state index contributed by atoms with van der Waals surface area (Å²) in [5.41, 5.74) is 2.70. The highest BCUT2D eigenvalue weighted by atomic mass is 16.5. The Morgan fingerprint density at radius 1 is 1.22 bits per heavy atom. The van der Waals surface area contributed by atoms with E-state index in [1.807, 2.05) is 7.05 Å². The zero-order valence-electron chi connectivity index (χ0n) is 11.8. The van der Waals surface area contributed by atoms with E-state index in [0.29, 0.717) is 18.2 Å². The molecule has 2 rings (SSSR count). The lowest BCUT2D eigenvalue weighted by atomic mass is 10.0. The molecule has 1 aromatic rings. The van der Waals surface area contributed by atoms with Crippen molar-refractivity contribution in [2.75, 3.05) is 25.0 Å². The number of anilines is 1. The summed E-state index contributed by atoms with van der Waals surface area (Å²) in [6, 6.07) is 9.02. The van der Waals surface area contributed by atoms with Gasteiger partial charge in [0.25, 0.3) is 0 Å². The molecule has 0 saturated carbocycles. The van der Waals surface area contributed by atoms with Crippen molar-refractivity contribution in [3.8, 4) is 0 Å². The number of nitrogens with one attached hydrogen (secondary N) is 1. The van der Waals surface area contributed by atoms with Crippen LogP contribution in [0.4, 0.5) is 5.69 Å². The Balaban J connectivity index is 2.26. The van der Waals surface area contributed by atoms with E-state index in [-0.39, 0.29) is 0 Å². The standard InChI is InChI=1S/C15H24N2O/c1-11-9-17(10-12(2)18-11)15-8-6-5-7-14(15)13(3)16-4/h5-8,11-13,16H,9-10H2,1-4H3/t11-,12+,13?. The second kappa shape index (κ2) is 5.72. The lowest BCUT2D eigenvalue weighted by Gasteiger charge is -2.38. The quantitative estimate of drug-likeness (QED) is 0.890.